The molecule has 0 spiro atoms. The van der Waals surface area contributed by atoms with E-state index in [2.05, 4.69) is 25.4 Å². The van der Waals surface area contributed by atoms with E-state index in [0.29, 0.717) is 15.9 Å². The van der Waals surface area contributed by atoms with E-state index in [4.69, 9.17) is 23.2 Å². The molecule has 1 aliphatic heterocycles. The Morgan fingerprint density at radius 2 is 1.97 bits per heavy atom. The van der Waals surface area contributed by atoms with Crippen LogP contribution in [-0.4, -0.2) is 44.0 Å². The second kappa shape index (κ2) is 9.24. The van der Waals surface area contributed by atoms with Gasteiger partial charge in [-0.05, 0) is 50.1 Å². The van der Waals surface area contributed by atoms with Crippen molar-refractivity contribution < 1.29 is 4.79 Å². The van der Waals surface area contributed by atoms with Crippen molar-refractivity contribution >= 4 is 52.5 Å². The van der Waals surface area contributed by atoms with E-state index in [1.807, 2.05) is 35.8 Å². The normalized spacial score (nSPS) is 14.7. The van der Waals surface area contributed by atoms with Crippen molar-refractivity contribution in [1.29, 1.82) is 0 Å². The summed E-state index contributed by atoms with van der Waals surface area (Å²) in [5, 5.41) is 12.7. The highest BCUT2D eigenvalue weighted by molar-refractivity contribution is 8.00. The zero-order chi connectivity index (χ0) is 21.1. The van der Waals surface area contributed by atoms with E-state index in [-0.39, 0.29) is 11.1 Å². The summed E-state index contributed by atoms with van der Waals surface area (Å²) >= 11 is 13.6. The van der Waals surface area contributed by atoms with Crippen molar-refractivity contribution in [2.24, 2.45) is 0 Å². The van der Waals surface area contributed by atoms with Gasteiger partial charge in [-0.1, -0.05) is 41.0 Å². The number of carbonyl (C=O) groups is 1. The van der Waals surface area contributed by atoms with Gasteiger partial charge in [0.1, 0.15) is 0 Å². The summed E-state index contributed by atoms with van der Waals surface area (Å²) in [6.07, 6.45) is 3.81. The number of carbonyl (C=O) groups excluding carboxylic acids is 1. The first-order valence-electron chi connectivity index (χ1n) is 9.57. The first-order valence-corrected chi connectivity index (χ1v) is 11.2. The molecular weight excluding hydrogens is 443 g/mol. The molecule has 1 aliphatic rings. The first kappa shape index (κ1) is 21.0. The molecule has 3 heterocycles. The summed E-state index contributed by atoms with van der Waals surface area (Å²) in [6.45, 7) is 3.68. The Bertz CT molecular complexity index is 1050. The van der Waals surface area contributed by atoms with Crippen molar-refractivity contribution in [2.75, 3.05) is 23.3 Å². The van der Waals surface area contributed by atoms with Gasteiger partial charge in [0.15, 0.2) is 10.3 Å². The Morgan fingerprint density at radius 3 is 2.70 bits per heavy atom. The molecule has 0 radical (unpaired) electrons. The van der Waals surface area contributed by atoms with Crippen molar-refractivity contribution in [1.82, 2.24) is 19.7 Å². The lowest BCUT2D eigenvalue weighted by atomic mass is 10.3. The molecule has 0 saturated carbocycles. The molecule has 4 rings (SSSR count). The molecule has 0 aliphatic carbocycles. The molecular formula is C20H20Cl2N6OS. The molecule has 1 fully saturated rings. The average molecular weight is 463 g/mol. The minimum Gasteiger partial charge on any atom is -0.341 e. The largest absolute Gasteiger partial charge is 0.341 e. The van der Waals surface area contributed by atoms with E-state index >= 15 is 0 Å². The van der Waals surface area contributed by atoms with Gasteiger partial charge in [0.25, 0.3) is 0 Å². The van der Waals surface area contributed by atoms with E-state index in [0.717, 1.165) is 37.6 Å². The average Bonchev–Trinajstić information content (AvgIpc) is 3.39. The molecule has 1 N–H and O–H groups in total. The molecule has 10 heteroatoms. The van der Waals surface area contributed by atoms with Crippen LogP contribution in [0.5, 0.6) is 0 Å². The summed E-state index contributed by atoms with van der Waals surface area (Å²) in [5.41, 5.74) is 1.34. The fraction of sp³-hybridized carbons (Fsp3) is 0.300. The molecule has 1 saturated heterocycles. The molecule has 0 bridgehead atoms. The van der Waals surface area contributed by atoms with E-state index in [1.54, 1.807) is 18.3 Å². The highest BCUT2D eigenvalue weighted by Crippen LogP contribution is 2.32. The highest BCUT2D eigenvalue weighted by Gasteiger charge is 2.25. The van der Waals surface area contributed by atoms with Crippen LogP contribution >= 0.6 is 35.0 Å². The smallest absolute Gasteiger partial charge is 0.237 e. The standard InChI is InChI=1S/C20H20Cl2N6OS/c1-13(18(29)24-16-8-5-9-23-17(16)22)30-20-26-25-19(27-10-2-3-11-27)28(20)15-7-4-6-14(21)12-15/h4-9,12-13H,2-3,10-11H2,1H3,(H,24,29). The number of amides is 1. The van der Waals surface area contributed by atoms with Crippen LogP contribution in [0.15, 0.2) is 47.8 Å². The van der Waals surface area contributed by atoms with E-state index < -0.39 is 5.25 Å². The lowest BCUT2D eigenvalue weighted by molar-refractivity contribution is -0.115. The predicted octanol–water partition coefficient (Wildman–Crippen LogP) is 4.69. The van der Waals surface area contributed by atoms with Gasteiger partial charge in [-0.15, -0.1) is 10.2 Å². The van der Waals surface area contributed by atoms with E-state index in [1.165, 1.54) is 11.8 Å². The van der Waals surface area contributed by atoms with Crippen LogP contribution in [-0.2, 0) is 4.79 Å². The number of anilines is 2. The zero-order valence-electron chi connectivity index (χ0n) is 16.3. The number of nitrogens with zero attached hydrogens (tertiary/aromatic N) is 5. The minimum absolute atomic E-state index is 0.196. The number of halogens is 2. The maximum Gasteiger partial charge on any atom is 0.237 e. The van der Waals surface area contributed by atoms with Gasteiger partial charge in [-0.3, -0.25) is 9.36 Å². The van der Waals surface area contributed by atoms with Gasteiger partial charge < -0.3 is 10.2 Å². The summed E-state index contributed by atoms with van der Waals surface area (Å²) in [5.74, 6) is 0.568. The third-order valence-corrected chi connectivity index (χ3v) is 6.32. The van der Waals surface area contributed by atoms with Crippen LogP contribution in [0.2, 0.25) is 10.2 Å². The minimum atomic E-state index is -0.435. The van der Waals surface area contributed by atoms with Crippen molar-refractivity contribution in [3.8, 4) is 5.69 Å². The SMILES string of the molecule is CC(Sc1nnc(N2CCCC2)n1-c1cccc(Cl)c1)C(=O)Nc1cccnc1Cl. The number of benzene rings is 1. The molecule has 1 aromatic carbocycles. The molecule has 1 amide bonds. The summed E-state index contributed by atoms with van der Waals surface area (Å²) in [7, 11) is 0. The Labute approximate surface area is 188 Å². The number of thioether (sulfide) groups is 1. The summed E-state index contributed by atoms with van der Waals surface area (Å²) in [4.78, 5) is 18.9. The van der Waals surface area contributed by atoms with Crippen molar-refractivity contribution in [2.45, 2.75) is 30.2 Å². The first-order chi connectivity index (χ1) is 14.5. The van der Waals surface area contributed by atoms with Gasteiger partial charge in [-0.25, -0.2) is 4.98 Å². The molecule has 1 atom stereocenters. The third-order valence-electron chi connectivity index (χ3n) is 4.74. The summed E-state index contributed by atoms with van der Waals surface area (Å²) in [6, 6.07) is 11.0. The van der Waals surface area contributed by atoms with Crippen LogP contribution in [0.3, 0.4) is 0 Å². The topological polar surface area (TPSA) is 75.9 Å². The van der Waals surface area contributed by atoms with Crippen LogP contribution in [0.1, 0.15) is 19.8 Å². The Kier molecular flexibility index (Phi) is 6.46. The number of aromatic nitrogens is 4. The fourth-order valence-electron chi connectivity index (χ4n) is 3.23. The van der Waals surface area contributed by atoms with Crippen LogP contribution in [0.25, 0.3) is 5.69 Å². The Morgan fingerprint density at radius 1 is 1.17 bits per heavy atom. The van der Waals surface area contributed by atoms with Crippen molar-refractivity contribution in [3.05, 3.63) is 52.8 Å². The van der Waals surface area contributed by atoms with E-state index in [9.17, 15) is 4.79 Å². The van der Waals surface area contributed by atoms with Crippen LogP contribution in [0, 0.1) is 0 Å². The molecule has 30 heavy (non-hydrogen) atoms. The molecule has 3 aromatic rings. The zero-order valence-corrected chi connectivity index (χ0v) is 18.6. The molecule has 7 nitrogen and oxygen atoms in total. The number of pyridine rings is 1. The van der Waals surface area contributed by atoms with Gasteiger partial charge in [-0.2, -0.15) is 0 Å². The summed E-state index contributed by atoms with van der Waals surface area (Å²) < 4.78 is 1.96. The predicted molar refractivity (Wildman–Crippen MR) is 121 cm³/mol. The molecule has 156 valence electrons. The number of rotatable bonds is 6. The van der Waals surface area contributed by atoms with Gasteiger partial charge in [0.2, 0.25) is 11.9 Å². The third kappa shape index (κ3) is 4.55. The maximum atomic E-state index is 12.7. The number of hydrogen-bond acceptors (Lipinski definition) is 6. The molecule has 2 aromatic heterocycles. The highest BCUT2D eigenvalue weighted by atomic mass is 35.5. The second-order valence-corrected chi connectivity index (χ2v) is 8.99. The lowest BCUT2D eigenvalue weighted by Gasteiger charge is -2.19. The fourth-order valence-corrected chi connectivity index (χ4v) is 4.44. The monoisotopic (exact) mass is 462 g/mol. The van der Waals surface area contributed by atoms with Gasteiger partial charge in [0, 0.05) is 24.3 Å². The lowest BCUT2D eigenvalue weighted by Crippen LogP contribution is -2.24. The maximum absolute atomic E-state index is 12.7. The van der Waals surface area contributed by atoms with Crippen molar-refractivity contribution in [3.63, 3.8) is 0 Å². The Hall–Kier alpha value is -2.29. The number of hydrogen-bond donors (Lipinski definition) is 1. The quantitative estimate of drug-likeness (QED) is 0.422. The Balaban J connectivity index is 1.60. The van der Waals surface area contributed by atoms with Gasteiger partial charge in [0.05, 0.1) is 16.6 Å². The molecule has 1 unspecified atom stereocenters. The van der Waals surface area contributed by atoms with Crippen LogP contribution < -0.4 is 10.2 Å². The number of nitrogens with one attached hydrogen (secondary N) is 1. The second-order valence-electron chi connectivity index (χ2n) is 6.88. The van der Waals surface area contributed by atoms with Crippen LogP contribution in [0.4, 0.5) is 11.6 Å². The van der Waals surface area contributed by atoms with Gasteiger partial charge >= 0.3 is 0 Å².